The zero-order valence-electron chi connectivity index (χ0n) is 22.8. The monoisotopic (exact) mass is 626 g/mol. The Morgan fingerprint density at radius 3 is 2.64 bits per heavy atom. The number of hydrogen-bond acceptors (Lipinski definition) is 4. The standard InChI is InChI=1S/C31H29Cl2FN4O3S/c1-37-14-13-35-30(37)18-38(31(39)25-17-24(25)22-6-2-3-7-26(22)32)20-10-9-19-5-4-8-29(23(19)15-20)36-42(40,41)21-11-12-28(34)27(33)16-21/h2-3,6-7,9-16,24-25,29,36H,4-5,8,17-18H2,1H3. The van der Waals surface area contributed by atoms with Gasteiger partial charge in [-0.2, -0.15) is 0 Å². The SMILES string of the molecule is Cn1ccnc1CN(C(=O)C1CC1c1ccccc1Cl)c1ccc2c(c1)C(NS(=O)(=O)c1ccc(F)c(Cl)c1)CCC2. The van der Waals surface area contributed by atoms with Crippen LogP contribution in [0.1, 0.15) is 53.7 Å². The smallest absolute Gasteiger partial charge is 0.241 e. The van der Waals surface area contributed by atoms with Crippen molar-refractivity contribution in [2.75, 3.05) is 4.90 Å². The number of nitrogens with zero attached hydrogens (tertiary/aromatic N) is 3. The Bertz CT molecular complexity index is 1780. The van der Waals surface area contributed by atoms with Crippen molar-refractivity contribution < 1.29 is 17.6 Å². The molecule has 1 aromatic heterocycles. The molecule has 11 heteroatoms. The van der Waals surface area contributed by atoms with Gasteiger partial charge in [0.25, 0.3) is 0 Å². The summed E-state index contributed by atoms with van der Waals surface area (Å²) in [5, 5.41) is 0.391. The van der Waals surface area contributed by atoms with Gasteiger partial charge in [0.15, 0.2) is 0 Å². The molecule has 0 saturated heterocycles. The first-order valence-corrected chi connectivity index (χ1v) is 16.0. The van der Waals surface area contributed by atoms with E-state index in [1.165, 1.54) is 6.07 Å². The third kappa shape index (κ3) is 5.71. The average molecular weight is 628 g/mol. The second kappa shape index (κ2) is 11.4. The predicted molar refractivity (Wildman–Crippen MR) is 161 cm³/mol. The Morgan fingerprint density at radius 2 is 1.90 bits per heavy atom. The molecule has 3 atom stereocenters. The lowest BCUT2D eigenvalue weighted by Gasteiger charge is -2.29. The number of sulfonamides is 1. The van der Waals surface area contributed by atoms with E-state index in [9.17, 15) is 17.6 Å². The highest BCUT2D eigenvalue weighted by Crippen LogP contribution is 2.51. The van der Waals surface area contributed by atoms with Crippen LogP contribution in [0, 0.1) is 11.7 Å². The lowest BCUT2D eigenvalue weighted by Crippen LogP contribution is -2.34. The molecule has 6 rings (SSSR count). The van der Waals surface area contributed by atoms with Crippen molar-refractivity contribution in [2.45, 2.75) is 49.1 Å². The zero-order valence-corrected chi connectivity index (χ0v) is 25.1. The lowest BCUT2D eigenvalue weighted by atomic mass is 9.87. The molecular formula is C31H29Cl2FN4O3S. The molecule has 0 bridgehead atoms. The molecule has 218 valence electrons. The number of carbonyl (C=O) groups is 1. The average Bonchev–Trinajstić information content (AvgIpc) is 3.66. The molecule has 0 aliphatic heterocycles. The lowest BCUT2D eigenvalue weighted by molar-refractivity contribution is -0.120. The van der Waals surface area contributed by atoms with Crippen molar-refractivity contribution in [3.63, 3.8) is 0 Å². The third-order valence-electron chi connectivity index (χ3n) is 8.15. The summed E-state index contributed by atoms with van der Waals surface area (Å²) in [5.74, 6) is -0.181. The minimum Gasteiger partial charge on any atom is -0.337 e. The van der Waals surface area contributed by atoms with Crippen LogP contribution in [0.2, 0.25) is 10.0 Å². The number of aromatic nitrogens is 2. The normalized spacial score (nSPS) is 19.8. The predicted octanol–water partition coefficient (Wildman–Crippen LogP) is 6.56. The first-order chi connectivity index (χ1) is 20.1. The van der Waals surface area contributed by atoms with Crippen LogP contribution in [0.25, 0.3) is 0 Å². The van der Waals surface area contributed by atoms with Crippen LogP contribution in [0.15, 0.2) is 78.0 Å². The Balaban J connectivity index is 1.32. The fourth-order valence-corrected chi connectivity index (χ4v) is 7.55. The summed E-state index contributed by atoms with van der Waals surface area (Å²) < 4.78 is 44.9. The largest absolute Gasteiger partial charge is 0.337 e. The number of benzene rings is 3. The molecule has 1 heterocycles. The maximum absolute atomic E-state index is 14.1. The highest BCUT2D eigenvalue weighted by Gasteiger charge is 2.47. The molecular weight excluding hydrogens is 598 g/mol. The van der Waals surface area contributed by atoms with Gasteiger partial charge in [0.2, 0.25) is 15.9 Å². The van der Waals surface area contributed by atoms with Gasteiger partial charge in [0.05, 0.1) is 16.5 Å². The van der Waals surface area contributed by atoms with Gasteiger partial charge in [-0.15, -0.1) is 0 Å². The minimum absolute atomic E-state index is 0.0308. The summed E-state index contributed by atoms with van der Waals surface area (Å²) in [7, 11) is -2.11. The van der Waals surface area contributed by atoms with Crippen LogP contribution < -0.4 is 9.62 Å². The van der Waals surface area contributed by atoms with Crippen molar-refractivity contribution in [1.82, 2.24) is 14.3 Å². The topological polar surface area (TPSA) is 84.3 Å². The van der Waals surface area contributed by atoms with Gasteiger partial charge in [0, 0.05) is 42.1 Å². The molecule has 1 fully saturated rings. The summed E-state index contributed by atoms with van der Waals surface area (Å²) in [6, 6.07) is 16.2. The summed E-state index contributed by atoms with van der Waals surface area (Å²) in [4.78, 5) is 20.1. The summed E-state index contributed by atoms with van der Waals surface area (Å²) in [6.45, 7) is 0.261. The maximum Gasteiger partial charge on any atom is 0.241 e. The molecule has 42 heavy (non-hydrogen) atoms. The van der Waals surface area contributed by atoms with Gasteiger partial charge in [-0.3, -0.25) is 4.79 Å². The first-order valence-electron chi connectivity index (χ1n) is 13.7. The number of imidazole rings is 1. The van der Waals surface area contributed by atoms with E-state index < -0.39 is 21.9 Å². The molecule has 0 spiro atoms. The highest BCUT2D eigenvalue weighted by molar-refractivity contribution is 7.89. The van der Waals surface area contributed by atoms with Crippen LogP contribution in [0.4, 0.5) is 10.1 Å². The summed E-state index contributed by atoms with van der Waals surface area (Å²) in [6.07, 6.45) is 6.40. The fourth-order valence-electron chi connectivity index (χ4n) is 5.75. The molecule has 7 nitrogen and oxygen atoms in total. The number of aryl methyl sites for hydroxylation is 2. The van der Waals surface area contributed by atoms with Crippen LogP contribution in [0.3, 0.4) is 0 Å². The highest BCUT2D eigenvalue weighted by atomic mass is 35.5. The van der Waals surface area contributed by atoms with Crippen LogP contribution >= 0.6 is 23.2 Å². The number of hydrogen-bond donors (Lipinski definition) is 1. The van der Waals surface area contributed by atoms with E-state index in [2.05, 4.69) is 9.71 Å². The van der Waals surface area contributed by atoms with Crippen molar-refractivity contribution in [2.24, 2.45) is 13.0 Å². The van der Waals surface area contributed by atoms with E-state index >= 15 is 0 Å². The Kier molecular flexibility index (Phi) is 7.87. The van der Waals surface area contributed by atoms with Crippen LogP contribution in [-0.2, 0) is 34.8 Å². The quantitative estimate of drug-likeness (QED) is 0.240. The van der Waals surface area contributed by atoms with E-state index in [0.717, 1.165) is 47.5 Å². The van der Waals surface area contributed by atoms with Crippen LogP contribution in [0.5, 0.6) is 0 Å². The van der Waals surface area contributed by atoms with Gasteiger partial charge in [-0.25, -0.2) is 22.5 Å². The van der Waals surface area contributed by atoms with Gasteiger partial charge < -0.3 is 9.47 Å². The van der Waals surface area contributed by atoms with Gasteiger partial charge >= 0.3 is 0 Å². The van der Waals surface area contributed by atoms with Crippen molar-refractivity contribution >= 4 is 44.8 Å². The summed E-state index contributed by atoms with van der Waals surface area (Å²) in [5.41, 5.74) is 3.46. The van der Waals surface area contributed by atoms with E-state index in [0.29, 0.717) is 23.6 Å². The number of anilines is 1. The fraction of sp³-hybridized carbons (Fsp3) is 0.290. The third-order valence-corrected chi connectivity index (χ3v) is 10.3. The number of nitrogens with one attached hydrogen (secondary N) is 1. The van der Waals surface area contributed by atoms with Crippen molar-refractivity contribution in [3.8, 4) is 0 Å². The maximum atomic E-state index is 14.1. The first kappa shape index (κ1) is 28.9. The molecule has 1 saturated carbocycles. The van der Waals surface area contributed by atoms with Crippen molar-refractivity contribution in [3.05, 3.63) is 111 Å². The number of carbonyl (C=O) groups excluding carboxylic acids is 1. The Labute approximate surface area is 254 Å². The number of rotatable bonds is 8. The Hall–Kier alpha value is -3.24. The molecule has 2 aliphatic rings. The molecule has 3 aromatic carbocycles. The number of fused-ring (bicyclic) bond motifs is 1. The molecule has 2 aliphatic carbocycles. The van der Waals surface area contributed by atoms with E-state index in [1.54, 1.807) is 11.1 Å². The van der Waals surface area contributed by atoms with E-state index in [1.807, 2.05) is 60.3 Å². The van der Waals surface area contributed by atoms with E-state index in [-0.39, 0.29) is 34.2 Å². The number of amides is 1. The van der Waals surface area contributed by atoms with Gasteiger partial charge in [-0.1, -0.05) is 47.5 Å². The number of halogens is 3. The minimum atomic E-state index is -3.99. The van der Waals surface area contributed by atoms with Crippen molar-refractivity contribution in [1.29, 1.82) is 0 Å². The van der Waals surface area contributed by atoms with Gasteiger partial charge in [-0.05, 0) is 84.7 Å². The van der Waals surface area contributed by atoms with Gasteiger partial charge in [0.1, 0.15) is 11.6 Å². The zero-order chi connectivity index (χ0) is 29.6. The molecule has 0 radical (unpaired) electrons. The molecule has 4 aromatic rings. The Morgan fingerprint density at radius 1 is 1.10 bits per heavy atom. The van der Waals surface area contributed by atoms with Crippen LogP contribution in [-0.4, -0.2) is 23.9 Å². The second-order valence-corrected chi connectivity index (χ2v) is 13.4. The molecule has 1 amide bonds. The molecule has 1 N–H and O–H groups in total. The second-order valence-electron chi connectivity index (χ2n) is 10.9. The summed E-state index contributed by atoms with van der Waals surface area (Å²) >= 11 is 12.3. The van der Waals surface area contributed by atoms with E-state index in [4.69, 9.17) is 23.2 Å². The molecule has 3 unspecified atom stereocenters.